The fourth-order valence-corrected chi connectivity index (χ4v) is 1.62. The Hall–Kier alpha value is -1.76. The lowest BCUT2D eigenvalue weighted by atomic mass is 10.2. The number of aromatic nitrogens is 2. The van der Waals surface area contributed by atoms with Crippen molar-refractivity contribution in [3.05, 3.63) is 45.8 Å². The summed E-state index contributed by atoms with van der Waals surface area (Å²) in [5.74, 6) is -0.833. The molecule has 0 atom stereocenters. The summed E-state index contributed by atoms with van der Waals surface area (Å²) in [6, 6.07) is 4.02. The van der Waals surface area contributed by atoms with Crippen molar-refractivity contribution in [1.82, 2.24) is 10.1 Å². The fraction of sp³-hybridized carbons (Fsp3) is 0.182. The van der Waals surface area contributed by atoms with E-state index in [0.717, 1.165) is 0 Å². The van der Waals surface area contributed by atoms with Crippen molar-refractivity contribution >= 4 is 21.9 Å². The zero-order valence-corrected chi connectivity index (χ0v) is 10.9. The molecule has 0 radical (unpaired) electrons. The van der Waals surface area contributed by atoms with Crippen LogP contribution in [0.4, 0.5) is 4.39 Å². The summed E-state index contributed by atoms with van der Waals surface area (Å²) < 4.78 is 23.6. The lowest BCUT2D eigenvalue weighted by Gasteiger charge is -2.03. The smallest absolute Gasteiger partial charge is 0.341 e. The van der Waals surface area contributed by atoms with E-state index >= 15 is 0 Å². The minimum absolute atomic E-state index is 0.152. The summed E-state index contributed by atoms with van der Waals surface area (Å²) in [5.41, 5.74) is -0.152. The highest BCUT2D eigenvalue weighted by molar-refractivity contribution is 9.10. The Morgan fingerprint density at radius 2 is 2.33 bits per heavy atom. The van der Waals surface area contributed by atoms with Gasteiger partial charge in [-0.3, -0.25) is 0 Å². The van der Waals surface area contributed by atoms with Crippen molar-refractivity contribution in [2.45, 2.75) is 13.5 Å². The van der Waals surface area contributed by atoms with Crippen LogP contribution in [0.25, 0.3) is 0 Å². The SMILES string of the molecule is Cc1noc(COC(=O)c2cc(Br)ccc2F)n1. The highest BCUT2D eigenvalue weighted by atomic mass is 79.9. The Balaban J connectivity index is 2.05. The molecule has 94 valence electrons. The van der Waals surface area contributed by atoms with E-state index in [1.165, 1.54) is 18.2 Å². The highest BCUT2D eigenvalue weighted by Gasteiger charge is 2.15. The number of aryl methyl sites for hydroxylation is 1. The molecule has 1 aromatic carbocycles. The number of rotatable bonds is 3. The number of carbonyl (C=O) groups is 1. The van der Waals surface area contributed by atoms with Gasteiger partial charge in [-0.25, -0.2) is 9.18 Å². The van der Waals surface area contributed by atoms with Gasteiger partial charge in [0.25, 0.3) is 5.89 Å². The average molecular weight is 315 g/mol. The summed E-state index contributed by atoms with van der Waals surface area (Å²) in [4.78, 5) is 15.5. The molecule has 0 spiro atoms. The number of esters is 1. The number of carbonyl (C=O) groups excluding carboxylic acids is 1. The van der Waals surface area contributed by atoms with E-state index in [9.17, 15) is 9.18 Å². The summed E-state index contributed by atoms with van der Waals surface area (Å²) in [7, 11) is 0. The first-order valence-electron chi connectivity index (χ1n) is 4.97. The molecular weight excluding hydrogens is 307 g/mol. The molecule has 5 nitrogen and oxygen atoms in total. The first kappa shape index (κ1) is 12.7. The van der Waals surface area contributed by atoms with Crippen molar-refractivity contribution in [2.24, 2.45) is 0 Å². The van der Waals surface area contributed by atoms with Crippen LogP contribution in [0.2, 0.25) is 0 Å². The van der Waals surface area contributed by atoms with Crippen LogP contribution in [0, 0.1) is 12.7 Å². The van der Waals surface area contributed by atoms with E-state index in [0.29, 0.717) is 10.3 Å². The van der Waals surface area contributed by atoms with Gasteiger partial charge in [-0.2, -0.15) is 4.98 Å². The zero-order chi connectivity index (χ0) is 13.1. The summed E-state index contributed by atoms with van der Waals surface area (Å²) >= 11 is 3.15. The number of hydrogen-bond acceptors (Lipinski definition) is 5. The van der Waals surface area contributed by atoms with Crippen LogP contribution in [0.5, 0.6) is 0 Å². The Morgan fingerprint density at radius 3 is 3.00 bits per heavy atom. The van der Waals surface area contributed by atoms with Crippen molar-refractivity contribution in [2.75, 3.05) is 0 Å². The largest absolute Gasteiger partial charge is 0.452 e. The lowest BCUT2D eigenvalue weighted by Crippen LogP contribution is -2.07. The van der Waals surface area contributed by atoms with Crippen LogP contribution in [0.3, 0.4) is 0 Å². The molecule has 1 heterocycles. The van der Waals surface area contributed by atoms with Crippen molar-refractivity contribution < 1.29 is 18.4 Å². The monoisotopic (exact) mass is 314 g/mol. The predicted molar refractivity (Wildman–Crippen MR) is 62.3 cm³/mol. The molecule has 0 amide bonds. The number of ether oxygens (including phenoxy) is 1. The highest BCUT2D eigenvalue weighted by Crippen LogP contribution is 2.16. The molecule has 7 heteroatoms. The molecule has 2 aromatic rings. The van der Waals surface area contributed by atoms with Crippen LogP contribution in [0.15, 0.2) is 27.2 Å². The quantitative estimate of drug-likeness (QED) is 0.815. The Kier molecular flexibility index (Phi) is 3.71. The molecule has 0 aliphatic rings. The molecule has 0 aliphatic heterocycles. The molecular formula is C11H8BrFN2O3. The molecule has 0 N–H and O–H groups in total. The Morgan fingerprint density at radius 1 is 1.56 bits per heavy atom. The molecule has 0 saturated carbocycles. The first-order valence-corrected chi connectivity index (χ1v) is 5.77. The van der Waals surface area contributed by atoms with Gasteiger partial charge in [-0.1, -0.05) is 21.1 Å². The fourth-order valence-electron chi connectivity index (χ4n) is 1.26. The van der Waals surface area contributed by atoms with Crippen LogP contribution >= 0.6 is 15.9 Å². The maximum atomic E-state index is 13.4. The van der Waals surface area contributed by atoms with Crippen LogP contribution in [-0.2, 0) is 11.3 Å². The topological polar surface area (TPSA) is 65.2 Å². The van der Waals surface area contributed by atoms with E-state index in [1.807, 2.05) is 0 Å². The van der Waals surface area contributed by atoms with Gasteiger partial charge >= 0.3 is 5.97 Å². The Labute approximate surface area is 110 Å². The van der Waals surface area contributed by atoms with Gasteiger partial charge in [0.05, 0.1) is 5.56 Å². The molecule has 0 fully saturated rings. The van der Waals surface area contributed by atoms with Crippen LogP contribution in [-0.4, -0.2) is 16.1 Å². The molecule has 18 heavy (non-hydrogen) atoms. The summed E-state index contributed by atoms with van der Waals surface area (Å²) in [6.45, 7) is 1.45. The summed E-state index contributed by atoms with van der Waals surface area (Å²) in [5, 5.41) is 3.54. The van der Waals surface area contributed by atoms with Gasteiger partial charge < -0.3 is 9.26 Å². The minimum Gasteiger partial charge on any atom is -0.452 e. The van der Waals surface area contributed by atoms with E-state index in [-0.39, 0.29) is 18.1 Å². The second-order valence-corrected chi connectivity index (χ2v) is 4.35. The van der Waals surface area contributed by atoms with Gasteiger partial charge in [0.15, 0.2) is 12.4 Å². The van der Waals surface area contributed by atoms with Gasteiger partial charge in [0.1, 0.15) is 5.82 Å². The third-order valence-corrected chi connectivity index (χ3v) is 2.54. The van der Waals surface area contributed by atoms with Gasteiger partial charge in [0.2, 0.25) is 0 Å². The lowest BCUT2D eigenvalue weighted by molar-refractivity contribution is 0.0424. The zero-order valence-electron chi connectivity index (χ0n) is 9.31. The van der Waals surface area contributed by atoms with Gasteiger partial charge in [0, 0.05) is 4.47 Å². The van der Waals surface area contributed by atoms with Crippen molar-refractivity contribution in [3.63, 3.8) is 0 Å². The van der Waals surface area contributed by atoms with E-state index in [1.54, 1.807) is 6.92 Å². The maximum Gasteiger partial charge on any atom is 0.341 e. The average Bonchev–Trinajstić information content (AvgIpc) is 2.75. The number of halogens is 2. The molecule has 0 aliphatic carbocycles. The standard InChI is InChI=1S/C11H8BrFN2O3/c1-6-14-10(18-15-6)5-17-11(16)8-4-7(12)2-3-9(8)13/h2-4H,5H2,1H3. The maximum absolute atomic E-state index is 13.4. The van der Waals surface area contributed by atoms with Gasteiger partial charge in [-0.15, -0.1) is 0 Å². The summed E-state index contributed by atoms with van der Waals surface area (Å²) in [6.07, 6.45) is 0. The van der Waals surface area contributed by atoms with E-state index in [2.05, 4.69) is 26.1 Å². The predicted octanol–water partition coefficient (Wildman–Crippen LogP) is 2.64. The molecule has 0 bridgehead atoms. The van der Waals surface area contributed by atoms with Gasteiger partial charge in [-0.05, 0) is 25.1 Å². The number of hydrogen-bond donors (Lipinski definition) is 0. The van der Waals surface area contributed by atoms with Crippen LogP contribution in [0.1, 0.15) is 22.1 Å². The molecule has 1 aromatic heterocycles. The Bertz CT molecular complexity index is 585. The third-order valence-electron chi connectivity index (χ3n) is 2.04. The minimum atomic E-state index is -0.787. The molecule has 2 rings (SSSR count). The molecule has 0 saturated heterocycles. The van der Waals surface area contributed by atoms with E-state index < -0.39 is 11.8 Å². The van der Waals surface area contributed by atoms with Crippen molar-refractivity contribution in [1.29, 1.82) is 0 Å². The van der Waals surface area contributed by atoms with Crippen molar-refractivity contribution in [3.8, 4) is 0 Å². The second kappa shape index (κ2) is 5.26. The third kappa shape index (κ3) is 2.92. The first-order chi connectivity index (χ1) is 8.56. The molecule has 0 unspecified atom stereocenters. The number of benzene rings is 1. The van der Waals surface area contributed by atoms with Crippen LogP contribution < -0.4 is 0 Å². The normalized spacial score (nSPS) is 10.4. The number of nitrogens with zero attached hydrogens (tertiary/aromatic N) is 2. The van der Waals surface area contributed by atoms with E-state index in [4.69, 9.17) is 9.26 Å². The second-order valence-electron chi connectivity index (χ2n) is 3.44.